The Bertz CT molecular complexity index is 2550. The van der Waals surface area contributed by atoms with E-state index in [4.69, 9.17) is 0 Å². The van der Waals surface area contributed by atoms with Gasteiger partial charge in [-0.1, -0.05) is 104 Å². The Labute approximate surface area is 268 Å². The minimum Gasteiger partial charge on any atom is -0.309 e. The summed E-state index contributed by atoms with van der Waals surface area (Å²) in [6.07, 6.45) is 1.03. The van der Waals surface area contributed by atoms with Gasteiger partial charge in [0.05, 0.1) is 22.1 Å². The second-order valence-electron chi connectivity index (χ2n) is 12.1. The van der Waals surface area contributed by atoms with Crippen LogP contribution in [-0.4, -0.2) is 9.13 Å². The zero-order chi connectivity index (χ0) is 30.6. The SMILES string of the molecule is CCc1cccc(-c2ccc3c(c2)c2cc(-c4ccc5c(c4)c4ccccc4n5-c4ccccc4)ccc2n3-c2ccccc2)c1. The lowest BCUT2D eigenvalue weighted by Gasteiger charge is -2.09. The number of rotatable bonds is 5. The highest BCUT2D eigenvalue weighted by Crippen LogP contribution is 2.39. The molecule has 0 amide bonds. The molecule has 9 aromatic rings. The minimum absolute atomic E-state index is 1.03. The summed E-state index contributed by atoms with van der Waals surface area (Å²) in [5.74, 6) is 0. The van der Waals surface area contributed by atoms with Gasteiger partial charge in [-0.15, -0.1) is 0 Å². The van der Waals surface area contributed by atoms with Crippen molar-refractivity contribution in [3.8, 4) is 33.6 Å². The number of nitrogens with zero attached hydrogens (tertiary/aromatic N) is 2. The Morgan fingerprint density at radius 1 is 0.348 bits per heavy atom. The van der Waals surface area contributed by atoms with E-state index in [1.54, 1.807) is 0 Å². The van der Waals surface area contributed by atoms with Gasteiger partial charge in [0.15, 0.2) is 0 Å². The number of hydrogen-bond donors (Lipinski definition) is 0. The van der Waals surface area contributed by atoms with E-state index in [1.807, 2.05) is 0 Å². The maximum atomic E-state index is 2.40. The predicted molar refractivity (Wildman–Crippen MR) is 195 cm³/mol. The van der Waals surface area contributed by atoms with Gasteiger partial charge in [0, 0.05) is 32.9 Å². The molecule has 0 saturated heterocycles. The van der Waals surface area contributed by atoms with Gasteiger partial charge >= 0.3 is 0 Å². The standard InChI is InChI=1S/C44H32N2/c1-2-30-12-11-13-31(26-30)32-20-24-43-39(28-32)40-29-34(22-25-44(40)46(43)36-16-7-4-8-17-36)33-21-23-42-38(27-33)37-18-9-10-19-41(37)45(42)35-14-5-3-6-15-35/h3-29H,2H2,1H3. The second-order valence-corrected chi connectivity index (χ2v) is 12.1. The largest absolute Gasteiger partial charge is 0.309 e. The van der Waals surface area contributed by atoms with Gasteiger partial charge < -0.3 is 9.13 Å². The maximum Gasteiger partial charge on any atom is 0.0541 e. The van der Waals surface area contributed by atoms with Crippen LogP contribution in [0.25, 0.3) is 77.2 Å². The first-order valence-corrected chi connectivity index (χ1v) is 16.1. The lowest BCUT2D eigenvalue weighted by atomic mass is 9.98. The molecule has 9 rings (SSSR count). The summed E-state index contributed by atoms with van der Waals surface area (Å²) in [5.41, 5.74) is 13.5. The van der Waals surface area contributed by atoms with Crippen LogP contribution in [0.5, 0.6) is 0 Å². The van der Waals surface area contributed by atoms with Crippen molar-refractivity contribution in [2.24, 2.45) is 0 Å². The quantitative estimate of drug-likeness (QED) is 0.189. The summed E-state index contributed by atoms with van der Waals surface area (Å²) in [6.45, 7) is 2.22. The van der Waals surface area contributed by atoms with Crippen LogP contribution < -0.4 is 0 Å². The lowest BCUT2D eigenvalue weighted by Crippen LogP contribution is -1.93. The zero-order valence-corrected chi connectivity index (χ0v) is 25.7. The second kappa shape index (κ2) is 10.6. The van der Waals surface area contributed by atoms with E-state index in [-0.39, 0.29) is 0 Å². The third-order valence-electron chi connectivity index (χ3n) is 9.47. The van der Waals surface area contributed by atoms with Crippen molar-refractivity contribution in [1.82, 2.24) is 9.13 Å². The number of para-hydroxylation sites is 3. The van der Waals surface area contributed by atoms with E-state index < -0.39 is 0 Å². The van der Waals surface area contributed by atoms with Crippen molar-refractivity contribution in [3.05, 3.63) is 169 Å². The molecule has 46 heavy (non-hydrogen) atoms. The van der Waals surface area contributed by atoms with E-state index in [0.717, 1.165) is 6.42 Å². The summed E-state index contributed by atoms with van der Waals surface area (Å²) >= 11 is 0. The van der Waals surface area contributed by atoms with Gasteiger partial charge in [0.2, 0.25) is 0 Å². The highest BCUT2D eigenvalue weighted by molar-refractivity contribution is 6.13. The van der Waals surface area contributed by atoms with Crippen molar-refractivity contribution in [2.45, 2.75) is 13.3 Å². The lowest BCUT2D eigenvalue weighted by molar-refractivity contribution is 1.14. The number of aromatic nitrogens is 2. The average molecular weight is 589 g/mol. The molecule has 218 valence electrons. The molecule has 2 aromatic heterocycles. The van der Waals surface area contributed by atoms with Gasteiger partial charge in [-0.2, -0.15) is 0 Å². The molecular formula is C44H32N2. The first-order valence-electron chi connectivity index (χ1n) is 16.1. The van der Waals surface area contributed by atoms with E-state index >= 15 is 0 Å². The molecule has 2 heteroatoms. The van der Waals surface area contributed by atoms with Crippen molar-refractivity contribution >= 4 is 43.6 Å². The van der Waals surface area contributed by atoms with E-state index in [9.17, 15) is 0 Å². The molecule has 0 radical (unpaired) electrons. The minimum atomic E-state index is 1.03. The van der Waals surface area contributed by atoms with Gasteiger partial charge in [0.1, 0.15) is 0 Å². The molecule has 0 aliphatic carbocycles. The molecule has 0 unspecified atom stereocenters. The van der Waals surface area contributed by atoms with Crippen LogP contribution in [-0.2, 0) is 6.42 Å². The molecule has 2 heterocycles. The van der Waals surface area contributed by atoms with E-state index in [0.29, 0.717) is 0 Å². The van der Waals surface area contributed by atoms with Crippen molar-refractivity contribution in [1.29, 1.82) is 0 Å². The molecule has 2 nitrogen and oxygen atoms in total. The van der Waals surface area contributed by atoms with Crippen molar-refractivity contribution < 1.29 is 0 Å². The molecule has 0 bridgehead atoms. The van der Waals surface area contributed by atoms with E-state index in [1.165, 1.54) is 82.8 Å². The molecule has 0 fully saturated rings. The highest BCUT2D eigenvalue weighted by atomic mass is 15.0. The zero-order valence-electron chi connectivity index (χ0n) is 25.7. The molecule has 0 saturated carbocycles. The highest BCUT2D eigenvalue weighted by Gasteiger charge is 2.16. The normalized spacial score (nSPS) is 11.7. The summed E-state index contributed by atoms with van der Waals surface area (Å²) in [7, 11) is 0. The van der Waals surface area contributed by atoms with Crippen LogP contribution >= 0.6 is 0 Å². The van der Waals surface area contributed by atoms with Gasteiger partial charge in [-0.05, 0) is 101 Å². The molecule has 0 atom stereocenters. The van der Waals surface area contributed by atoms with Crippen LogP contribution in [0.2, 0.25) is 0 Å². The van der Waals surface area contributed by atoms with Crippen LogP contribution in [0.3, 0.4) is 0 Å². The van der Waals surface area contributed by atoms with Gasteiger partial charge in [-0.3, -0.25) is 0 Å². The fraction of sp³-hybridized carbons (Fsp3) is 0.0455. The number of benzene rings is 7. The molecule has 0 spiro atoms. The average Bonchev–Trinajstić information content (AvgIpc) is 3.64. The summed E-state index contributed by atoms with van der Waals surface area (Å²) in [5, 5.41) is 5.06. The predicted octanol–water partition coefficient (Wildman–Crippen LogP) is 11.8. The Morgan fingerprint density at radius 3 is 1.30 bits per heavy atom. The third kappa shape index (κ3) is 4.18. The van der Waals surface area contributed by atoms with Gasteiger partial charge in [-0.25, -0.2) is 0 Å². The maximum absolute atomic E-state index is 2.40. The topological polar surface area (TPSA) is 9.86 Å². The van der Waals surface area contributed by atoms with Crippen molar-refractivity contribution in [3.63, 3.8) is 0 Å². The fourth-order valence-corrected chi connectivity index (χ4v) is 7.22. The summed E-state index contributed by atoms with van der Waals surface area (Å²) < 4.78 is 4.78. The number of hydrogen-bond acceptors (Lipinski definition) is 0. The monoisotopic (exact) mass is 588 g/mol. The van der Waals surface area contributed by atoms with Crippen LogP contribution in [0.4, 0.5) is 0 Å². The van der Waals surface area contributed by atoms with Crippen molar-refractivity contribution in [2.75, 3.05) is 0 Å². The summed E-state index contributed by atoms with van der Waals surface area (Å²) in [4.78, 5) is 0. The first-order chi connectivity index (χ1) is 22.8. The molecular weight excluding hydrogens is 556 g/mol. The molecule has 0 aliphatic heterocycles. The Morgan fingerprint density at radius 2 is 0.783 bits per heavy atom. The summed E-state index contributed by atoms with van der Waals surface area (Å²) in [6, 6.07) is 59.9. The smallest absolute Gasteiger partial charge is 0.0541 e. The van der Waals surface area contributed by atoms with Gasteiger partial charge in [0.25, 0.3) is 0 Å². The van der Waals surface area contributed by atoms with Crippen LogP contribution in [0.1, 0.15) is 12.5 Å². The van der Waals surface area contributed by atoms with E-state index in [2.05, 4.69) is 180 Å². The fourth-order valence-electron chi connectivity index (χ4n) is 7.22. The Hall–Kier alpha value is -5.86. The molecule has 7 aromatic carbocycles. The molecule has 0 N–H and O–H groups in total. The Kier molecular flexibility index (Phi) is 6.14. The number of fused-ring (bicyclic) bond motifs is 6. The number of aryl methyl sites for hydroxylation is 1. The van der Waals surface area contributed by atoms with Crippen LogP contribution in [0, 0.1) is 0 Å². The van der Waals surface area contributed by atoms with Crippen LogP contribution in [0.15, 0.2) is 164 Å². The first kappa shape index (κ1) is 26.5. The third-order valence-corrected chi connectivity index (χ3v) is 9.47. The molecule has 0 aliphatic rings. The Balaban J connectivity index is 1.27.